The predicted molar refractivity (Wildman–Crippen MR) is 110 cm³/mol. The standard InChI is InChI=1S/C21H18ClFN2S/c1-14-6-5-9-16(12-14)20(15-7-3-2-4-8-15)25-21(26)24-17-10-11-19(23)18(22)13-17/h2-13,20H,1H3,(H2,24,25,26). The largest absolute Gasteiger partial charge is 0.352 e. The number of rotatable bonds is 4. The molecule has 0 radical (unpaired) electrons. The topological polar surface area (TPSA) is 24.1 Å². The molecule has 3 aromatic rings. The SMILES string of the molecule is Cc1cccc(C(NC(=S)Nc2ccc(F)c(Cl)c2)c2ccccc2)c1. The minimum absolute atomic E-state index is 0.0519. The molecule has 132 valence electrons. The molecule has 0 fully saturated rings. The van der Waals surface area contributed by atoms with Gasteiger partial charge in [0.05, 0.1) is 11.1 Å². The number of aryl methyl sites for hydroxylation is 1. The van der Waals surface area contributed by atoms with Gasteiger partial charge in [-0.25, -0.2) is 4.39 Å². The van der Waals surface area contributed by atoms with Crippen molar-refractivity contribution < 1.29 is 4.39 Å². The van der Waals surface area contributed by atoms with Gasteiger partial charge in [0.25, 0.3) is 0 Å². The molecule has 0 heterocycles. The summed E-state index contributed by atoms with van der Waals surface area (Å²) in [5.74, 6) is -0.460. The molecule has 3 aromatic carbocycles. The average Bonchev–Trinajstić information content (AvgIpc) is 2.63. The minimum atomic E-state index is -0.460. The molecule has 0 amide bonds. The van der Waals surface area contributed by atoms with E-state index in [1.807, 2.05) is 24.3 Å². The summed E-state index contributed by atoms with van der Waals surface area (Å²) in [4.78, 5) is 0. The second-order valence-corrected chi connectivity index (χ2v) is 6.80. The Kier molecular flexibility index (Phi) is 5.86. The summed E-state index contributed by atoms with van der Waals surface area (Å²) in [5, 5.41) is 6.89. The van der Waals surface area contributed by atoms with Gasteiger partial charge < -0.3 is 10.6 Å². The summed E-state index contributed by atoms with van der Waals surface area (Å²) in [6.45, 7) is 2.06. The fourth-order valence-corrected chi connectivity index (χ4v) is 3.14. The lowest BCUT2D eigenvalue weighted by Crippen LogP contribution is -2.33. The molecule has 1 atom stereocenters. The third kappa shape index (κ3) is 4.59. The van der Waals surface area contributed by atoms with Crippen LogP contribution in [0, 0.1) is 12.7 Å². The van der Waals surface area contributed by atoms with Gasteiger partial charge in [-0.15, -0.1) is 0 Å². The number of benzene rings is 3. The molecule has 0 aliphatic rings. The van der Waals surface area contributed by atoms with E-state index in [1.165, 1.54) is 17.7 Å². The fraction of sp³-hybridized carbons (Fsp3) is 0.0952. The van der Waals surface area contributed by atoms with E-state index in [0.717, 1.165) is 11.1 Å². The molecule has 2 N–H and O–H groups in total. The first-order valence-electron chi connectivity index (χ1n) is 8.17. The van der Waals surface area contributed by atoms with Crippen molar-refractivity contribution in [3.63, 3.8) is 0 Å². The summed E-state index contributed by atoms with van der Waals surface area (Å²) in [7, 11) is 0. The smallest absolute Gasteiger partial charge is 0.171 e. The van der Waals surface area contributed by atoms with Crippen LogP contribution in [0.15, 0.2) is 72.8 Å². The molecule has 1 unspecified atom stereocenters. The maximum Gasteiger partial charge on any atom is 0.171 e. The molecule has 2 nitrogen and oxygen atoms in total. The third-order valence-electron chi connectivity index (χ3n) is 3.96. The molecule has 0 bridgehead atoms. The Morgan fingerprint density at radius 1 is 0.962 bits per heavy atom. The summed E-state index contributed by atoms with van der Waals surface area (Å²) in [6.07, 6.45) is 0. The fourth-order valence-electron chi connectivity index (χ4n) is 2.73. The van der Waals surface area contributed by atoms with Gasteiger partial charge in [-0.1, -0.05) is 71.8 Å². The van der Waals surface area contributed by atoms with E-state index in [2.05, 4.69) is 47.9 Å². The molecule has 0 aliphatic heterocycles. The molecular weight excluding hydrogens is 367 g/mol. The molecule has 0 saturated heterocycles. The van der Waals surface area contributed by atoms with Crippen molar-refractivity contribution >= 4 is 34.6 Å². The minimum Gasteiger partial charge on any atom is -0.352 e. The number of halogens is 2. The van der Waals surface area contributed by atoms with Crippen LogP contribution in [0.4, 0.5) is 10.1 Å². The molecule has 0 aliphatic carbocycles. The van der Waals surface area contributed by atoms with Gasteiger partial charge in [0, 0.05) is 5.69 Å². The Hall–Kier alpha value is -2.43. The Morgan fingerprint density at radius 3 is 2.38 bits per heavy atom. The molecule has 26 heavy (non-hydrogen) atoms. The van der Waals surface area contributed by atoms with Crippen LogP contribution in [0.3, 0.4) is 0 Å². The van der Waals surface area contributed by atoms with E-state index < -0.39 is 5.82 Å². The van der Waals surface area contributed by atoms with Crippen LogP contribution in [0.25, 0.3) is 0 Å². The average molecular weight is 385 g/mol. The number of hydrogen-bond donors (Lipinski definition) is 2. The quantitative estimate of drug-likeness (QED) is 0.550. The van der Waals surface area contributed by atoms with Crippen molar-refractivity contribution in [1.82, 2.24) is 5.32 Å². The molecule has 0 saturated carbocycles. The number of nitrogens with one attached hydrogen (secondary N) is 2. The molecule has 0 spiro atoms. The highest BCUT2D eigenvalue weighted by Crippen LogP contribution is 2.24. The van der Waals surface area contributed by atoms with Gasteiger partial charge in [-0.05, 0) is 48.5 Å². The van der Waals surface area contributed by atoms with Crippen molar-refractivity contribution in [2.75, 3.05) is 5.32 Å². The highest BCUT2D eigenvalue weighted by atomic mass is 35.5. The molecule has 0 aromatic heterocycles. The maximum atomic E-state index is 13.3. The third-order valence-corrected chi connectivity index (χ3v) is 4.47. The first-order valence-corrected chi connectivity index (χ1v) is 8.95. The Morgan fingerprint density at radius 2 is 1.69 bits per heavy atom. The number of thiocarbonyl (C=S) groups is 1. The second kappa shape index (κ2) is 8.30. The summed E-state index contributed by atoms with van der Waals surface area (Å²) < 4.78 is 13.3. The molecule has 5 heteroatoms. The summed E-state index contributed by atoms with van der Waals surface area (Å²) >= 11 is 11.3. The van der Waals surface area contributed by atoms with Gasteiger partial charge in [0.15, 0.2) is 5.11 Å². The van der Waals surface area contributed by atoms with E-state index in [1.54, 1.807) is 6.07 Å². The van der Waals surface area contributed by atoms with E-state index in [-0.39, 0.29) is 11.1 Å². The Bertz CT molecular complexity index is 915. The monoisotopic (exact) mass is 384 g/mol. The van der Waals surface area contributed by atoms with Gasteiger partial charge >= 0.3 is 0 Å². The predicted octanol–water partition coefficient (Wildman–Crippen LogP) is 5.86. The Balaban J connectivity index is 1.83. The van der Waals surface area contributed by atoms with Crippen LogP contribution in [-0.4, -0.2) is 5.11 Å². The van der Waals surface area contributed by atoms with Crippen LogP contribution < -0.4 is 10.6 Å². The zero-order valence-corrected chi connectivity index (χ0v) is 15.7. The first kappa shape index (κ1) is 18.4. The van der Waals surface area contributed by atoms with Crippen LogP contribution in [0.1, 0.15) is 22.7 Å². The van der Waals surface area contributed by atoms with Gasteiger partial charge in [0.2, 0.25) is 0 Å². The van der Waals surface area contributed by atoms with E-state index in [0.29, 0.717) is 10.8 Å². The number of anilines is 1. The lowest BCUT2D eigenvalue weighted by molar-refractivity contribution is 0.628. The van der Waals surface area contributed by atoms with Crippen LogP contribution >= 0.6 is 23.8 Å². The van der Waals surface area contributed by atoms with Gasteiger partial charge in [0.1, 0.15) is 5.82 Å². The lowest BCUT2D eigenvalue weighted by atomic mass is 9.97. The lowest BCUT2D eigenvalue weighted by Gasteiger charge is -2.22. The van der Waals surface area contributed by atoms with E-state index >= 15 is 0 Å². The molecular formula is C21H18ClFN2S. The zero-order valence-electron chi connectivity index (χ0n) is 14.2. The summed E-state index contributed by atoms with van der Waals surface area (Å²) in [6, 6.07) is 22.7. The van der Waals surface area contributed by atoms with E-state index in [4.69, 9.17) is 23.8 Å². The van der Waals surface area contributed by atoms with Crippen LogP contribution in [0.5, 0.6) is 0 Å². The van der Waals surface area contributed by atoms with Crippen LogP contribution in [0.2, 0.25) is 5.02 Å². The van der Waals surface area contributed by atoms with Gasteiger partial charge in [-0.2, -0.15) is 0 Å². The van der Waals surface area contributed by atoms with Crippen molar-refractivity contribution in [3.8, 4) is 0 Å². The van der Waals surface area contributed by atoms with Crippen molar-refractivity contribution in [2.45, 2.75) is 13.0 Å². The number of hydrogen-bond acceptors (Lipinski definition) is 1. The van der Waals surface area contributed by atoms with Crippen molar-refractivity contribution in [3.05, 3.63) is 100 Å². The highest BCUT2D eigenvalue weighted by Gasteiger charge is 2.15. The van der Waals surface area contributed by atoms with Crippen molar-refractivity contribution in [1.29, 1.82) is 0 Å². The van der Waals surface area contributed by atoms with Gasteiger partial charge in [-0.3, -0.25) is 0 Å². The maximum absolute atomic E-state index is 13.3. The van der Waals surface area contributed by atoms with E-state index in [9.17, 15) is 4.39 Å². The second-order valence-electron chi connectivity index (χ2n) is 5.99. The highest BCUT2D eigenvalue weighted by molar-refractivity contribution is 7.80. The summed E-state index contributed by atoms with van der Waals surface area (Å²) in [5.41, 5.74) is 4.01. The van der Waals surface area contributed by atoms with Crippen LogP contribution in [-0.2, 0) is 0 Å². The zero-order chi connectivity index (χ0) is 18.5. The van der Waals surface area contributed by atoms with Crippen molar-refractivity contribution in [2.24, 2.45) is 0 Å². The normalized spacial score (nSPS) is 11.7. The Labute approximate surface area is 163 Å². The first-order chi connectivity index (χ1) is 12.5. The molecule has 3 rings (SSSR count).